The molecule has 4 rings (SSSR count). The minimum atomic E-state index is -0.580. The molecular weight excluding hydrogens is 398 g/mol. The van der Waals surface area contributed by atoms with Crippen LogP contribution in [0.5, 0.6) is 0 Å². The zero-order valence-corrected chi connectivity index (χ0v) is 17.3. The molecule has 0 spiro atoms. The fourth-order valence-electron chi connectivity index (χ4n) is 3.77. The first-order chi connectivity index (χ1) is 15.0. The highest BCUT2D eigenvalue weighted by atomic mass is 16.5. The largest absolute Gasteiger partial charge is 0.464 e. The van der Waals surface area contributed by atoms with E-state index in [1.54, 1.807) is 10.6 Å². The SMILES string of the molecule is COCC(=O)Nc1c(C(=O)OC)n(CCc2c[nH]c3ccccc23)c2ncc(N)cc12. The molecule has 0 aliphatic rings. The average Bonchev–Trinajstić information content (AvgIpc) is 3.31. The molecule has 0 atom stereocenters. The predicted octanol–water partition coefficient (Wildman–Crippen LogP) is 2.71. The zero-order valence-electron chi connectivity index (χ0n) is 17.3. The number of amides is 1. The van der Waals surface area contributed by atoms with E-state index in [4.69, 9.17) is 15.2 Å². The fourth-order valence-corrected chi connectivity index (χ4v) is 3.77. The topological polar surface area (TPSA) is 124 Å². The van der Waals surface area contributed by atoms with E-state index in [9.17, 15) is 9.59 Å². The molecule has 160 valence electrons. The molecule has 3 heterocycles. The Morgan fingerprint density at radius 1 is 1.23 bits per heavy atom. The van der Waals surface area contributed by atoms with Crippen molar-refractivity contribution in [3.8, 4) is 0 Å². The number of methoxy groups -OCH3 is 2. The summed E-state index contributed by atoms with van der Waals surface area (Å²) >= 11 is 0. The van der Waals surface area contributed by atoms with Crippen LogP contribution in [0.3, 0.4) is 0 Å². The van der Waals surface area contributed by atoms with Gasteiger partial charge in [0, 0.05) is 36.1 Å². The Hall–Kier alpha value is -3.85. The summed E-state index contributed by atoms with van der Waals surface area (Å²) in [7, 11) is 2.72. The van der Waals surface area contributed by atoms with Crippen molar-refractivity contribution in [1.29, 1.82) is 0 Å². The van der Waals surface area contributed by atoms with Crippen molar-refractivity contribution in [3.63, 3.8) is 0 Å². The first kappa shape index (κ1) is 20.4. The lowest BCUT2D eigenvalue weighted by Crippen LogP contribution is -2.20. The van der Waals surface area contributed by atoms with E-state index >= 15 is 0 Å². The maximum absolute atomic E-state index is 12.7. The lowest BCUT2D eigenvalue weighted by molar-refractivity contribution is -0.119. The van der Waals surface area contributed by atoms with E-state index in [0.29, 0.717) is 35.4 Å². The number of fused-ring (bicyclic) bond motifs is 2. The number of hydrogen-bond acceptors (Lipinski definition) is 6. The molecule has 4 aromatic rings. The second kappa shape index (κ2) is 8.49. The number of nitrogens with two attached hydrogens (primary N) is 1. The molecule has 0 aliphatic heterocycles. The van der Waals surface area contributed by atoms with Crippen LogP contribution in [-0.2, 0) is 27.2 Å². The molecule has 0 aliphatic carbocycles. The highest BCUT2D eigenvalue weighted by Crippen LogP contribution is 2.32. The number of nitrogen functional groups attached to an aromatic ring is 1. The van der Waals surface area contributed by atoms with E-state index in [2.05, 4.69) is 15.3 Å². The van der Waals surface area contributed by atoms with Crippen LogP contribution in [0.2, 0.25) is 0 Å². The Morgan fingerprint density at radius 2 is 2.03 bits per heavy atom. The number of anilines is 2. The number of carbonyl (C=O) groups is 2. The van der Waals surface area contributed by atoms with E-state index in [1.807, 2.05) is 30.5 Å². The summed E-state index contributed by atoms with van der Waals surface area (Å²) in [6.07, 6.45) is 4.11. The Labute approximate surface area is 178 Å². The monoisotopic (exact) mass is 421 g/mol. The second-order valence-corrected chi connectivity index (χ2v) is 7.10. The number of para-hydroxylation sites is 1. The van der Waals surface area contributed by atoms with Crippen molar-refractivity contribution in [2.24, 2.45) is 0 Å². The van der Waals surface area contributed by atoms with Gasteiger partial charge < -0.3 is 30.1 Å². The van der Waals surface area contributed by atoms with Gasteiger partial charge in [-0.15, -0.1) is 0 Å². The predicted molar refractivity (Wildman–Crippen MR) is 118 cm³/mol. The average molecular weight is 421 g/mol. The molecule has 9 nitrogen and oxygen atoms in total. The van der Waals surface area contributed by atoms with Crippen LogP contribution in [-0.4, -0.2) is 47.2 Å². The number of ether oxygens (including phenoxy) is 2. The molecule has 31 heavy (non-hydrogen) atoms. The Kier molecular flexibility index (Phi) is 5.59. The maximum atomic E-state index is 12.7. The lowest BCUT2D eigenvalue weighted by Gasteiger charge is -2.10. The van der Waals surface area contributed by atoms with Gasteiger partial charge in [-0.3, -0.25) is 4.79 Å². The van der Waals surface area contributed by atoms with Crippen molar-refractivity contribution in [3.05, 3.63) is 54.0 Å². The van der Waals surface area contributed by atoms with Gasteiger partial charge in [0.25, 0.3) is 0 Å². The van der Waals surface area contributed by atoms with Gasteiger partial charge in [0.1, 0.15) is 12.3 Å². The third-order valence-corrected chi connectivity index (χ3v) is 5.12. The van der Waals surface area contributed by atoms with Crippen LogP contribution < -0.4 is 11.1 Å². The number of carbonyl (C=O) groups excluding carboxylic acids is 2. The number of rotatable bonds is 7. The van der Waals surface area contributed by atoms with E-state index in [-0.39, 0.29) is 12.3 Å². The maximum Gasteiger partial charge on any atom is 0.356 e. The molecule has 0 saturated heterocycles. The molecule has 0 unspecified atom stereocenters. The third-order valence-electron chi connectivity index (χ3n) is 5.12. The van der Waals surface area contributed by atoms with Crippen LogP contribution in [0.4, 0.5) is 11.4 Å². The molecule has 1 aromatic carbocycles. The highest BCUT2D eigenvalue weighted by molar-refractivity contribution is 6.11. The molecule has 0 radical (unpaired) electrons. The van der Waals surface area contributed by atoms with Crippen LogP contribution >= 0.6 is 0 Å². The van der Waals surface area contributed by atoms with E-state index < -0.39 is 11.9 Å². The summed E-state index contributed by atoms with van der Waals surface area (Å²) in [4.78, 5) is 32.7. The van der Waals surface area contributed by atoms with Gasteiger partial charge in [0.2, 0.25) is 5.91 Å². The normalized spacial score (nSPS) is 11.2. The number of nitrogens with one attached hydrogen (secondary N) is 2. The second-order valence-electron chi connectivity index (χ2n) is 7.10. The zero-order chi connectivity index (χ0) is 22.0. The quantitative estimate of drug-likeness (QED) is 0.394. The van der Waals surface area contributed by atoms with Crippen LogP contribution in [0.25, 0.3) is 21.9 Å². The number of hydrogen-bond donors (Lipinski definition) is 3. The van der Waals surface area contributed by atoms with Gasteiger partial charge in [0.05, 0.1) is 24.7 Å². The van der Waals surface area contributed by atoms with Crippen molar-refractivity contribution >= 4 is 45.2 Å². The van der Waals surface area contributed by atoms with Crippen molar-refractivity contribution < 1.29 is 19.1 Å². The summed E-state index contributed by atoms with van der Waals surface area (Å²) in [6.45, 7) is 0.290. The van der Waals surface area contributed by atoms with Gasteiger partial charge in [0.15, 0.2) is 5.69 Å². The third kappa shape index (κ3) is 3.82. The van der Waals surface area contributed by atoms with Crippen molar-refractivity contribution in [1.82, 2.24) is 14.5 Å². The summed E-state index contributed by atoms with van der Waals surface area (Å²) in [5.74, 6) is -0.978. The highest BCUT2D eigenvalue weighted by Gasteiger charge is 2.26. The number of aromatic amines is 1. The van der Waals surface area contributed by atoms with Crippen LogP contribution in [0.1, 0.15) is 16.1 Å². The Bertz CT molecular complexity index is 1270. The fraction of sp³-hybridized carbons (Fsp3) is 0.227. The van der Waals surface area contributed by atoms with Gasteiger partial charge in [-0.1, -0.05) is 18.2 Å². The molecule has 0 bridgehead atoms. The number of benzene rings is 1. The van der Waals surface area contributed by atoms with Crippen molar-refractivity contribution in [2.75, 3.05) is 31.9 Å². The Morgan fingerprint density at radius 3 is 2.81 bits per heavy atom. The minimum absolute atomic E-state index is 0.154. The minimum Gasteiger partial charge on any atom is -0.464 e. The van der Waals surface area contributed by atoms with E-state index in [1.165, 1.54) is 20.4 Å². The number of H-pyrrole nitrogens is 1. The summed E-state index contributed by atoms with van der Waals surface area (Å²) in [6, 6.07) is 9.70. The number of aryl methyl sites for hydroxylation is 2. The summed E-state index contributed by atoms with van der Waals surface area (Å²) < 4.78 is 11.7. The smallest absolute Gasteiger partial charge is 0.356 e. The molecule has 9 heteroatoms. The molecule has 0 fully saturated rings. The van der Waals surface area contributed by atoms with E-state index in [0.717, 1.165) is 16.5 Å². The van der Waals surface area contributed by atoms with Crippen LogP contribution in [0.15, 0.2) is 42.7 Å². The lowest BCUT2D eigenvalue weighted by atomic mass is 10.1. The summed E-state index contributed by atoms with van der Waals surface area (Å²) in [5.41, 5.74) is 9.54. The standard InChI is InChI=1S/C22H23N5O4/c1-30-12-18(28)26-19-16-9-14(23)11-25-21(16)27(20(19)22(29)31-2)8-7-13-10-24-17-6-4-3-5-15(13)17/h3-6,9-11,24H,7-8,12,23H2,1-2H3,(H,26,28). The van der Waals surface area contributed by atoms with Crippen molar-refractivity contribution in [2.45, 2.75) is 13.0 Å². The Balaban J connectivity index is 1.81. The first-order valence-corrected chi connectivity index (χ1v) is 9.73. The molecular formula is C22H23N5O4. The molecule has 3 aromatic heterocycles. The molecule has 4 N–H and O–H groups in total. The number of pyridine rings is 1. The van der Waals surface area contributed by atoms with Gasteiger partial charge in [-0.25, -0.2) is 9.78 Å². The van der Waals surface area contributed by atoms with Crippen LogP contribution in [0, 0.1) is 0 Å². The first-order valence-electron chi connectivity index (χ1n) is 9.73. The number of esters is 1. The molecule has 0 saturated carbocycles. The summed E-state index contributed by atoms with van der Waals surface area (Å²) in [5, 5.41) is 4.43. The number of aromatic nitrogens is 3. The van der Waals surface area contributed by atoms with Gasteiger partial charge >= 0.3 is 5.97 Å². The van der Waals surface area contributed by atoms with Gasteiger partial charge in [-0.05, 0) is 24.1 Å². The number of nitrogens with zero attached hydrogens (tertiary/aromatic N) is 2. The van der Waals surface area contributed by atoms with Gasteiger partial charge in [-0.2, -0.15) is 0 Å². The molecule has 1 amide bonds.